The number of aromatic amines is 1. The average Bonchev–Trinajstić information content (AvgIpc) is 2.82. The van der Waals surface area contributed by atoms with Gasteiger partial charge in [-0.2, -0.15) is 13.2 Å². The molecule has 0 unspecified atom stereocenters. The minimum Gasteiger partial charge on any atom is -0.360 e. The maximum absolute atomic E-state index is 12.9. The minimum absolute atomic E-state index is 0.232. The topological polar surface area (TPSA) is 15.8 Å². The number of halogens is 3. The van der Waals surface area contributed by atoms with Gasteiger partial charge in [0.15, 0.2) is 0 Å². The lowest BCUT2D eigenvalue weighted by Crippen LogP contribution is -2.06. The van der Waals surface area contributed by atoms with E-state index in [0.717, 1.165) is 29.9 Å². The van der Waals surface area contributed by atoms with Crippen molar-refractivity contribution < 1.29 is 13.2 Å². The summed E-state index contributed by atoms with van der Waals surface area (Å²) in [6, 6.07) is 4.44. The van der Waals surface area contributed by atoms with Crippen LogP contribution < -0.4 is 0 Å². The molecule has 1 saturated carbocycles. The van der Waals surface area contributed by atoms with Gasteiger partial charge in [-0.05, 0) is 30.4 Å². The number of hydrogen-bond acceptors (Lipinski definition) is 0. The number of H-pyrrole nitrogens is 1. The first-order valence-corrected chi connectivity index (χ1v) is 6.74. The Bertz CT molecular complexity index is 577. The number of benzene rings is 1. The lowest BCUT2D eigenvalue weighted by molar-refractivity contribution is -0.136. The Morgan fingerprint density at radius 1 is 1.05 bits per heavy atom. The van der Waals surface area contributed by atoms with Gasteiger partial charge in [0.2, 0.25) is 0 Å². The summed E-state index contributed by atoms with van der Waals surface area (Å²) in [5.74, 6) is 0.408. The second-order valence-corrected chi connectivity index (χ2v) is 5.30. The van der Waals surface area contributed by atoms with Gasteiger partial charge in [-0.1, -0.05) is 31.4 Å². The van der Waals surface area contributed by atoms with Crippen molar-refractivity contribution >= 4 is 10.9 Å². The zero-order valence-electron chi connectivity index (χ0n) is 10.6. The molecule has 2 aromatic rings. The molecule has 1 aromatic carbocycles. The first-order chi connectivity index (χ1) is 9.07. The molecule has 0 spiro atoms. The molecule has 0 atom stereocenters. The van der Waals surface area contributed by atoms with E-state index in [0.29, 0.717) is 5.92 Å². The monoisotopic (exact) mass is 267 g/mol. The Kier molecular flexibility index (Phi) is 3.03. The maximum Gasteiger partial charge on any atom is 0.418 e. The zero-order chi connectivity index (χ0) is 13.5. The highest BCUT2D eigenvalue weighted by molar-refractivity contribution is 5.87. The van der Waals surface area contributed by atoms with Crippen molar-refractivity contribution in [2.75, 3.05) is 0 Å². The van der Waals surface area contributed by atoms with E-state index in [1.807, 2.05) is 0 Å². The van der Waals surface area contributed by atoms with Gasteiger partial charge in [0.25, 0.3) is 0 Å². The van der Waals surface area contributed by atoms with E-state index < -0.39 is 11.7 Å². The van der Waals surface area contributed by atoms with Crippen LogP contribution in [-0.4, -0.2) is 4.98 Å². The largest absolute Gasteiger partial charge is 0.418 e. The second kappa shape index (κ2) is 4.58. The summed E-state index contributed by atoms with van der Waals surface area (Å²) in [6.07, 6.45) is 3.25. The van der Waals surface area contributed by atoms with Crippen LogP contribution >= 0.6 is 0 Å². The Balaban J connectivity index is 2.08. The smallest absolute Gasteiger partial charge is 0.360 e. The fraction of sp³-hybridized carbons (Fsp3) is 0.467. The SMILES string of the molecule is FC(F)(F)c1cccc2c(C3CCCCC3)c[nH]c12. The fourth-order valence-corrected chi connectivity index (χ4v) is 3.16. The van der Waals surface area contributed by atoms with Crippen LogP contribution in [0.25, 0.3) is 10.9 Å². The zero-order valence-corrected chi connectivity index (χ0v) is 10.6. The molecule has 0 amide bonds. The number of alkyl halides is 3. The van der Waals surface area contributed by atoms with Gasteiger partial charge in [-0.25, -0.2) is 0 Å². The number of hydrogen-bond donors (Lipinski definition) is 1. The van der Waals surface area contributed by atoms with Gasteiger partial charge in [0.05, 0.1) is 11.1 Å². The van der Waals surface area contributed by atoms with Gasteiger partial charge in [0.1, 0.15) is 0 Å². The standard InChI is InChI=1S/C15H16F3N/c16-15(17,18)13-8-4-7-11-12(9-19-14(11)13)10-5-2-1-3-6-10/h4,7-10,19H,1-3,5-6H2. The van der Waals surface area contributed by atoms with E-state index in [1.165, 1.54) is 25.3 Å². The van der Waals surface area contributed by atoms with Crippen LogP contribution in [0.4, 0.5) is 13.2 Å². The van der Waals surface area contributed by atoms with Gasteiger partial charge >= 0.3 is 6.18 Å². The molecule has 0 saturated heterocycles. The third-order valence-electron chi connectivity index (χ3n) is 4.10. The van der Waals surface area contributed by atoms with Gasteiger partial charge < -0.3 is 4.98 Å². The van der Waals surface area contributed by atoms with Crippen LogP contribution in [0, 0.1) is 0 Å². The predicted octanol–water partition coefficient (Wildman–Crippen LogP) is 5.23. The van der Waals surface area contributed by atoms with Gasteiger partial charge in [-0.3, -0.25) is 0 Å². The van der Waals surface area contributed by atoms with E-state index in [9.17, 15) is 13.2 Å². The highest BCUT2D eigenvalue weighted by atomic mass is 19.4. The molecule has 1 nitrogen and oxygen atoms in total. The normalized spacial score (nSPS) is 18.1. The van der Waals surface area contributed by atoms with Crippen molar-refractivity contribution in [1.29, 1.82) is 0 Å². The van der Waals surface area contributed by atoms with Crippen LogP contribution in [0.3, 0.4) is 0 Å². The van der Waals surface area contributed by atoms with Crippen molar-refractivity contribution in [1.82, 2.24) is 4.98 Å². The van der Waals surface area contributed by atoms with Crippen molar-refractivity contribution in [2.45, 2.75) is 44.2 Å². The summed E-state index contributed by atoms with van der Waals surface area (Å²) in [5.41, 5.74) is 0.725. The Hall–Kier alpha value is -1.45. The summed E-state index contributed by atoms with van der Waals surface area (Å²) < 4.78 is 38.8. The van der Waals surface area contributed by atoms with Gasteiger partial charge in [-0.15, -0.1) is 0 Å². The van der Waals surface area contributed by atoms with Crippen molar-refractivity contribution in [2.24, 2.45) is 0 Å². The molecule has 3 rings (SSSR count). The quantitative estimate of drug-likeness (QED) is 0.727. The van der Waals surface area contributed by atoms with E-state index >= 15 is 0 Å². The summed E-state index contributed by atoms with van der Waals surface area (Å²) in [5, 5.41) is 0.738. The first kappa shape index (κ1) is 12.6. The lowest BCUT2D eigenvalue weighted by Gasteiger charge is -2.21. The summed E-state index contributed by atoms with van der Waals surface area (Å²) >= 11 is 0. The summed E-state index contributed by atoms with van der Waals surface area (Å²) in [6.45, 7) is 0. The minimum atomic E-state index is -4.30. The maximum atomic E-state index is 12.9. The predicted molar refractivity (Wildman–Crippen MR) is 69.1 cm³/mol. The fourth-order valence-electron chi connectivity index (χ4n) is 3.16. The van der Waals surface area contributed by atoms with E-state index in [1.54, 1.807) is 12.3 Å². The lowest BCUT2D eigenvalue weighted by atomic mass is 9.84. The van der Waals surface area contributed by atoms with E-state index in [2.05, 4.69) is 4.98 Å². The molecule has 1 fully saturated rings. The van der Waals surface area contributed by atoms with Crippen molar-refractivity contribution in [3.63, 3.8) is 0 Å². The second-order valence-electron chi connectivity index (χ2n) is 5.30. The van der Waals surface area contributed by atoms with E-state index in [-0.39, 0.29) is 5.52 Å². The molecule has 0 radical (unpaired) electrons. The third kappa shape index (κ3) is 2.24. The number of fused-ring (bicyclic) bond motifs is 1. The number of rotatable bonds is 1. The molecular weight excluding hydrogens is 251 g/mol. The molecule has 1 aliphatic rings. The third-order valence-corrected chi connectivity index (χ3v) is 4.10. The highest BCUT2D eigenvalue weighted by Gasteiger charge is 2.33. The number of nitrogens with one attached hydrogen (secondary N) is 1. The number of aromatic nitrogens is 1. The molecule has 1 aliphatic carbocycles. The van der Waals surface area contributed by atoms with Crippen LogP contribution in [0.15, 0.2) is 24.4 Å². The van der Waals surface area contributed by atoms with Gasteiger partial charge in [0, 0.05) is 11.6 Å². The highest BCUT2D eigenvalue weighted by Crippen LogP contribution is 2.40. The Morgan fingerprint density at radius 2 is 1.79 bits per heavy atom. The Morgan fingerprint density at radius 3 is 2.47 bits per heavy atom. The van der Waals surface area contributed by atoms with Crippen molar-refractivity contribution in [3.05, 3.63) is 35.5 Å². The first-order valence-electron chi connectivity index (χ1n) is 6.74. The van der Waals surface area contributed by atoms with Crippen LogP contribution in [-0.2, 0) is 6.18 Å². The average molecular weight is 267 g/mol. The summed E-state index contributed by atoms with van der Waals surface area (Å²) in [4.78, 5) is 2.84. The molecule has 1 aromatic heterocycles. The Labute approximate surface area is 109 Å². The molecule has 1 heterocycles. The number of para-hydroxylation sites is 1. The molecule has 102 valence electrons. The molecule has 1 N–H and O–H groups in total. The molecule has 4 heteroatoms. The molecule has 19 heavy (non-hydrogen) atoms. The molecule has 0 aliphatic heterocycles. The molecule has 0 bridgehead atoms. The van der Waals surface area contributed by atoms with Crippen LogP contribution in [0.2, 0.25) is 0 Å². The van der Waals surface area contributed by atoms with Crippen LogP contribution in [0.5, 0.6) is 0 Å². The van der Waals surface area contributed by atoms with Crippen LogP contribution in [0.1, 0.15) is 49.1 Å². The summed E-state index contributed by atoms with van der Waals surface area (Å²) in [7, 11) is 0. The van der Waals surface area contributed by atoms with Crippen molar-refractivity contribution in [3.8, 4) is 0 Å². The molecular formula is C15H16F3N. The van der Waals surface area contributed by atoms with E-state index in [4.69, 9.17) is 0 Å².